The molecule has 20 heavy (non-hydrogen) atoms. The van der Waals surface area contributed by atoms with E-state index in [1.165, 1.54) is 55.2 Å². The number of nitrogens with one attached hydrogen (secondary N) is 2. The van der Waals surface area contributed by atoms with Gasteiger partial charge in [0, 0.05) is 36.9 Å². The minimum atomic E-state index is 0.494. The number of hydrogen-bond acceptors (Lipinski definition) is 2. The van der Waals surface area contributed by atoms with E-state index in [0.29, 0.717) is 5.54 Å². The third kappa shape index (κ3) is 2.05. The first-order valence-corrected chi connectivity index (χ1v) is 7.88. The van der Waals surface area contributed by atoms with Crippen molar-refractivity contribution in [2.45, 2.75) is 37.8 Å². The van der Waals surface area contributed by atoms with Crippen LogP contribution in [0.3, 0.4) is 0 Å². The number of aromatic nitrogens is 1. The molecule has 4 rings (SSSR count). The molecule has 0 unspecified atom stereocenters. The Morgan fingerprint density at radius 1 is 1.10 bits per heavy atom. The number of fused-ring (bicyclic) bond motifs is 1. The van der Waals surface area contributed by atoms with E-state index < -0.39 is 0 Å². The summed E-state index contributed by atoms with van der Waals surface area (Å²) in [4.78, 5) is 6.06. The molecule has 0 radical (unpaired) electrons. The highest BCUT2D eigenvalue weighted by molar-refractivity contribution is 5.79. The van der Waals surface area contributed by atoms with E-state index >= 15 is 0 Å². The van der Waals surface area contributed by atoms with Crippen molar-refractivity contribution in [3.8, 4) is 0 Å². The van der Waals surface area contributed by atoms with E-state index in [1.54, 1.807) is 0 Å². The van der Waals surface area contributed by atoms with Gasteiger partial charge < -0.3 is 10.3 Å². The summed E-state index contributed by atoms with van der Waals surface area (Å²) in [6.07, 6.45) is 7.53. The zero-order chi connectivity index (χ0) is 13.4. The molecular formula is C17H23N3. The first kappa shape index (κ1) is 12.4. The van der Waals surface area contributed by atoms with Crippen LogP contribution in [0.4, 0.5) is 0 Å². The van der Waals surface area contributed by atoms with Crippen molar-refractivity contribution in [3.63, 3.8) is 0 Å². The third-order valence-electron chi connectivity index (χ3n) is 5.27. The van der Waals surface area contributed by atoms with Crippen LogP contribution in [0, 0.1) is 0 Å². The van der Waals surface area contributed by atoms with Crippen molar-refractivity contribution in [1.29, 1.82) is 0 Å². The fourth-order valence-electron chi connectivity index (χ4n) is 3.87. The van der Waals surface area contributed by atoms with Crippen molar-refractivity contribution >= 4 is 10.9 Å². The van der Waals surface area contributed by atoms with Crippen LogP contribution in [0.2, 0.25) is 0 Å². The first-order valence-electron chi connectivity index (χ1n) is 7.88. The molecule has 2 heterocycles. The summed E-state index contributed by atoms with van der Waals surface area (Å²) in [5.74, 6) is 0. The number of nitrogens with zero attached hydrogens (tertiary/aromatic N) is 1. The van der Waals surface area contributed by atoms with Gasteiger partial charge in [-0.15, -0.1) is 0 Å². The number of benzene rings is 1. The first-order chi connectivity index (χ1) is 9.86. The Kier molecular flexibility index (Phi) is 3.04. The van der Waals surface area contributed by atoms with Crippen LogP contribution in [0.1, 0.15) is 31.2 Å². The van der Waals surface area contributed by atoms with Gasteiger partial charge in [-0.25, -0.2) is 0 Å². The van der Waals surface area contributed by atoms with Crippen LogP contribution in [-0.2, 0) is 6.54 Å². The summed E-state index contributed by atoms with van der Waals surface area (Å²) < 4.78 is 0. The largest absolute Gasteiger partial charge is 0.361 e. The van der Waals surface area contributed by atoms with E-state index in [4.69, 9.17) is 0 Å². The second kappa shape index (κ2) is 4.90. The highest BCUT2D eigenvalue weighted by Crippen LogP contribution is 2.41. The second-order valence-electron chi connectivity index (χ2n) is 6.40. The Hall–Kier alpha value is -1.32. The second-order valence-corrected chi connectivity index (χ2v) is 6.40. The molecule has 1 saturated carbocycles. The summed E-state index contributed by atoms with van der Waals surface area (Å²) in [6, 6.07) is 8.99. The van der Waals surface area contributed by atoms with E-state index in [0.717, 1.165) is 13.1 Å². The van der Waals surface area contributed by atoms with Gasteiger partial charge in [0.2, 0.25) is 0 Å². The van der Waals surface area contributed by atoms with Crippen molar-refractivity contribution in [1.82, 2.24) is 15.2 Å². The molecule has 0 amide bonds. The Morgan fingerprint density at radius 2 is 2.05 bits per heavy atom. The maximum Gasteiger partial charge on any atom is 0.0457 e. The number of rotatable bonds is 2. The number of H-pyrrole nitrogens is 1. The monoisotopic (exact) mass is 269 g/mol. The highest BCUT2D eigenvalue weighted by atomic mass is 15.2. The van der Waals surface area contributed by atoms with Gasteiger partial charge >= 0.3 is 0 Å². The van der Waals surface area contributed by atoms with E-state index in [-0.39, 0.29) is 0 Å². The Balaban J connectivity index is 1.59. The van der Waals surface area contributed by atoms with Crippen molar-refractivity contribution in [2.75, 3.05) is 19.6 Å². The molecule has 106 valence electrons. The molecule has 1 saturated heterocycles. The molecule has 1 aromatic heterocycles. The van der Waals surface area contributed by atoms with Gasteiger partial charge in [-0.2, -0.15) is 0 Å². The average Bonchev–Trinajstić information content (AvgIpc) is 2.76. The van der Waals surface area contributed by atoms with Crippen molar-refractivity contribution < 1.29 is 0 Å². The molecule has 2 N–H and O–H groups in total. The van der Waals surface area contributed by atoms with Crippen molar-refractivity contribution in [3.05, 3.63) is 36.0 Å². The summed E-state index contributed by atoms with van der Waals surface area (Å²) in [7, 11) is 0. The summed E-state index contributed by atoms with van der Waals surface area (Å²) in [6.45, 7) is 4.60. The molecule has 2 aromatic rings. The molecule has 2 fully saturated rings. The highest BCUT2D eigenvalue weighted by Gasteiger charge is 2.42. The Bertz CT molecular complexity index is 597. The van der Waals surface area contributed by atoms with Gasteiger partial charge in [-0.3, -0.25) is 4.90 Å². The SMILES string of the molecule is c1cc2ccc(CN3CCNCCC34CCC4)cc2[nH]1. The summed E-state index contributed by atoms with van der Waals surface area (Å²) in [5.41, 5.74) is 3.19. The minimum Gasteiger partial charge on any atom is -0.361 e. The molecule has 0 bridgehead atoms. The van der Waals surface area contributed by atoms with Gasteiger partial charge in [-0.05, 0) is 55.3 Å². The fraction of sp³-hybridized carbons (Fsp3) is 0.529. The van der Waals surface area contributed by atoms with Gasteiger partial charge in [-0.1, -0.05) is 12.1 Å². The van der Waals surface area contributed by atoms with Crippen molar-refractivity contribution in [2.24, 2.45) is 0 Å². The van der Waals surface area contributed by atoms with Crippen LogP contribution >= 0.6 is 0 Å². The van der Waals surface area contributed by atoms with Crippen LogP contribution in [0.5, 0.6) is 0 Å². The van der Waals surface area contributed by atoms with Gasteiger partial charge in [0.05, 0.1) is 0 Å². The molecule has 2 aliphatic rings. The third-order valence-corrected chi connectivity index (χ3v) is 5.27. The van der Waals surface area contributed by atoms with Gasteiger partial charge in [0.1, 0.15) is 0 Å². The molecule has 1 aromatic carbocycles. The maximum atomic E-state index is 3.56. The van der Waals surface area contributed by atoms with E-state index in [9.17, 15) is 0 Å². The quantitative estimate of drug-likeness (QED) is 0.878. The lowest BCUT2D eigenvalue weighted by Gasteiger charge is -2.49. The smallest absolute Gasteiger partial charge is 0.0457 e. The zero-order valence-electron chi connectivity index (χ0n) is 12.0. The van der Waals surface area contributed by atoms with Crippen LogP contribution in [0.25, 0.3) is 10.9 Å². The lowest BCUT2D eigenvalue weighted by atomic mass is 9.73. The molecule has 1 aliphatic carbocycles. The molecule has 1 aliphatic heterocycles. The molecular weight excluding hydrogens is 246 g/mol. The fourth-order valence-corrected chi connectivity index (χ4v) is 3.87. The molecule has 3 nitrogen and oxygen atoms in total. The Morgan fingerprint density at radius 3 is 2.90 bits per heavy atom. The molecule has 0 atom stereocenters. The van der Waals surface area contributed by atoms with Crippen LogP contribution < -0.4 is 5.32 Å². The average molecular weight is 269 g/mol. The summed E-state index contributed by atoms with van der Waals surface area (Å²) in [5, 5.41) is 4.87. The van der Waals surface area contributed by atoms with Gasteiger partial charge in [0.15, 0.2) is 0 Å². The van der Waals surface area contributed by atoms with E-state index in [1.807, 2.05) is 6.20 Å². The summed E-state index contributed by atoms with van der Waals surface area (Å²) >= 11 is 0. The number of hydrogen-bond donors (Lipinski definition) is 2. The molecule has 1 spiro atoms. The topological polar surface area (TPSA) is 31.1 Å². The standard InChI is InChI=1S/C17H23N3/c1-5-17(6-1)7-9-18-10-11-20(17)13-14-2-3-15-4-8-19-16(15)12-14/h2-4,8,12,18-19H,1,5-7,9-11,13H2. The predicted molar refractivity (Wildman–Crippen MR) is 82.8 cm³/mol. The normalized spacial score (nSPS) is 22.8. The lowest BCUT2D eigenvalue weighted by Crippen LogP contribution is -2.53. The van der Waals surface area contributed by atoms with Crippen LogP contribution in [0.15, 0.2) is 30.5 Å². The predicted octanol–water partition coefficient (Wildman–Crippen LogP) is 2.89. The van der Waals surface area contributed by atoms with Crippen LogP contribution in [-0.4, -0.2) is 35.1 Å². The zero-order valence-corrected chi connectivity index (χ0v) is 12.0. The number of aromatic amines is 1. The minimum absolute atomic E-state index is 0.494. The van der Waals surface area contributed by atoms with Gasteiger partial charge in [0.25, 0.3) is 0 Å². The lowest BCUT2D eigenvalue weighted by molar-refractivity contribution is 0.0138. The van der Waals surface area contributed by atoms with E-state index in [2.05, 4.69) is 39.5 Å². The molecule has 3 heteroatoms. The Labute approximate surface area is 120 Å². The maximum absolute atomic E-state index is 3.56.